The molecule has 16 heavy (non-hydrogen) atoms. The summed E-state index contributed by atoms with van der Waals surface area (Å²) in [5.74, 6) is 1.64. The van der Waals surface area contributed by atoms with Crippen LogP contribution in [-0.2, 0) is 5.41 Å². The summed E-state index contributed by atoms with van der Waals surface area (Å²) in [7, 11) is 0. The number of pyridine rings is 1. The molecular weight excluding hydrogens is 194 g/mol. The van der Waals surface area contributed by atoms with E-state index in [9.17, 15) is 0 Å². The Kier molecular flexibility index (Phi) is 2.14. The van der Waals surface area contributed by atoms with Crippen LogP contribution in [0.15, 0.2) is 12.4 Å². The van der Waals surface area contributed by atoms with E-state index in [1.807, 2.05) is 0 Å². The summed E-state index contributed by atoms with van der Waals surface area (Å²) in [5, 5.41) is 0. The number of rotatable bonds is 2. The van der Waals surface area contributed by atoms with E-state index >= 15 is 0 Å². The van der Waals surface area contributed by atoms with Gasteiger partial charge in [-0.3, -0.25) is 4.98 Å². The quantitative estimate of drug-likeness (QED) is 0.722. The molecule has 0 aromatic carbocycles. The molecule has 0 radical (unpaired) electrons. The molecule has 0 N–H and O–H groups in total. The summed E-state index contributed by atoms with van der Waals surface area (Å²) in [4.78, 5) is 4.48. The molecule has 3 rings (SSSR count). The average Bonchev–Trinajstić information content (AvgIpc) is 3.07. The van der Waals surface area contributed by atoms with Crippen molar-refractivity contribution in [2.24, 2.45) is 0 Å². The van der Waals surface area contributed by atoms with E-state index in [0.29, 0.717) is 0 Å². The van der Waals surface area contributed by atoms with Crippen LogP contribution in [0.3, 0.4) is 0 Å². The Balaban J connectivity index is 2.13. The second-order valence-corrected chi connectivity index (χ2v) is 6.49. The Morgan fingerprint density at radius 1 is 0.938 bits per heavy atom. The molecule has 0 aliphatic heterocycles. The molecule has 1 heteroatoms. The monoisotopic (exact) mass is 215 g/mol. The maximum Gasteiger partial charge on any atom is 0.0305 e. The van der Waals surface area contributed by atoms with Gasteiger partial charge in [-0.05, 0) is 59.6 Å². The molecule has 0 amide bonds. The topological polar surface area (TPSA) is 12.9 Å². The Morgan fingerprint density at radius 2 is 1.38 bits per heavy atom. The van der Waals surface area contributed by atoms with Crippen molar-refractivity contribution in [2.75, 3.05) is 0 Å². The van der Waals surface area contributed by atoms with Crippen molar-refractivity contribution >= 4 is 0 Å². The van der Waals surface area contributed by atoms with Crippen LogP contribution < -0.4 is 0 Å². The highest BCUT2D eigenvalue weighted by molar-refractivity contribution is 5.44. The summed E-state index contributed by atoms with van der Waals surface area (Å²) in [6, 6.07) is 0. The maximum absolute atomic E-state index is 4.48. The number of hydrogen-bond acceptors (Lipinski definition) is 1. The lowest BCUT2D eigenvalue weighted by atomic mass is 9.79. The van der Waals surface area contributed by atoms with Crippen molar-refractivity contribution in [3.63, 3.8) is 0 Å². The third kappa shape index (κ3) is 1.77. The van der Waals surface area contributed by atoms with Crippen molar-refractivity contribution in [3.8, 4) is 0 Å². The van der Waals surface area contributed by atoms with Gasteiger partial charge in [0, 0.05) is 12.4 Å². The number of aromatic nitrogens is 1. The smallest absolute Gasteiger partial charge is 0.0305 e. The highest BCUT2D eigenvalue weighted by atomic mass is 14.6. The molecule has 1 aromatic rings. The van der Waals surface area contributed by atoms with Crippen LogP contribution in [0.5, 0.6) is 0 Å². The van der Waals surface area contributed by atoms with Crippen molar-refractivity contribution in [1.82, 2.24) is 4.98 Å². The Morgan fingerprint density at radius 3 is 1.69 bits per heavy atom. The van der Waals surface area contributed by atoms with E-state index < -0.39 is 0 Å². The first-order chi connectivity index (χ1) is 7.57. The fourth-order valence-electron chi connectivity index (χ4n) is 2.77. The molecular formula is C15H21N. The van der Waals surface area contributed by atoms with Crippen LogP contribution in [0.25, 0.3) is 0 Å². The number of hydrogen-bond donors (Lipinski definition) is 0. The van der Waals surface area contributed by atoms with Gasteiger partial charge < -0.3 is 0 Å². The first kappa shape index (κ1) is 10.3. The highest BCUT2D eigenvalue weighted by Crippen LogP contribution is 2.49. The summed E-state index contributed by atoms with van der Waals surface area (Å²) in [5.41, 5.74) is 5.00. The molecule has 0 atom stereocenters. The van der Waals surface area contributed by atoms with Crippen LogP contribution in [-0.4, -0.2) is 4.98 Å². The first-order valence-corrected chi connectivity index (χ1v) is 6.55. The number of nitrogens with zero attached hydrogens (tertiary/aromatic N) is 1. The summed E-state index contributed by atoms with van der Waals surface area (Å²) in [6.07, 6.45) is 9.75. The SMILES string of the molecule is CC(C)(C)c1c(C2CC2)cncc1C1CC1. The third-order valence-electron chi connectivity index (χ3n) is 3.79. The lowest BCUT2D eigenvalue weighted by Crippen LogP contribution is -2.17. The van der Waals surface area contributed by atoms with E-state index in [1.165, 1.54) is 25.7 Å². The van der Waals surface area contributed by atoms with Gasteiger partial charge in [0.15, 0.2) is 0 Å². The molecule has 0 unspecified atom stereocenters. The molecule has 2 aliphatic carbocycles. The second kappa shape index (κ2) is 3.32. The minimum Gasteiger partial charge on any atom is -0.264 e. The van der Waals surface area contributed by atoms with Crippen LogP contribution in [0.1, 0.15) is 75.0 Å². The fourth-order valence-corrected chi connectivity index (χ4v) is 2.77. The molecule has 1 nitrogen and oxygen atoms in total. The van der Waals surface area contributed by atoms with E-state index in [0.717, 1.165) is 11.8 Å². The lowest BCUT2D eigenvalue weighted by molar-refractivity contribution is 0.573. The van der Waals surface area contributed by atoms with Gasteiger partial charge in [-0.1, -0.05) is 20.8 Å². The molecule has 0 bridgehead atoms. The van der Waals surface area contributed by atoms with Gasteiger partial charge in [-0.15, -0.1) is 0 Å². The highest BCUT2D eigenvalue weighted by Gasteiger charge is 2.35. The zero-order valence-corrected chi connectivity index (χ0v) is 10.6. The maximum atomic E-state index is 4.48. The Labute approximate surface area is 98.3 Å². The zero-order valence-electron chi connectivity index (χ0n) is 10.6. The Bertz CT molecular complexity index is 376. The predicted octanol–water partition coefficient (Wildman–Crippen LogP) is 4.13. The predicted molar refractivity (Wildman–Crippen MR) is 66.9 cm³/mol. The minimum atomic E-state index is 0.277. The van der Waals surface area contributed by atoms with Crippen LogP contribution in [0.4, 0.5) is 0 Å². The third-order valence-corrected chi connectivity index (χ3v) is 3.79. The van der Waals surface area contributed by atoms with Crippen molar-refractivity contribution in [1.29, 1.82) is 0 Å². The largest absolute Gasteiger partial charge is 0.264 e. The summed E-state index contributed by atoms with van der Waals surface area (Å²) in [6.45, 7) is 7.04. The zero-order chi connectivity index (χ0) is 11.3. The molecule has 86 valence electrons. The van der Waals surface area contributed by atoms with Crippen molar-refractivity contribution < 1.29 is 0 Å². The van der Waals surface area contributed by atoms with Crippen LogP contribution >= 0.6 is 0 Å². The second-order valence-electron chi connectivity index (χ2n) is 6.49. The van der Waals surface area contributed by atoms with Crippen molar-refractivity contribution in [3.05, 3.63) is 29.1 Å². The molecule has 2 saturated carbocycles. The molecule has 2 aliphatic rings. The van der Waals surface area contributed by atoms with Gasteiger partial charge in [-0.25, -0.2) is 0 Å². The molecule has 0 spiro atoms. The molecule has 0 saturated heterocycles. The lowest BCUT2D eigenvalue weighted by Gasteiger charge is -2.26. The van der Waals surface area contributed by atoms with Crippen molar-refractivity contribution in [2.45, 2.75) is 63.7 Å². The van der Waals surface area contributed by atoms with E-state index in [1.54, 1.807) is 16.7 Å². The van der Waals surface area contributed by atoms with E-state index in [2.05, 4.69) is 38.1 Å². The van der Waals surface area contributed by atoms with Gasteiger partial charge >= 0.3 is 0 Å². The fraction of sp³-hybridized carbons (Fsp3) is 0.667. The van der Waals surface area contributed by atoms with Gasteiger partial charge in [-0.2, -0.15) is 0 Å². The standard InChI is InChI=1S/C15H21N/c1-15(2,3)14-12(10-4-5-10)8-16-9-13(14)11-6-7-11/h8-11H,4-7H2,1-3H3. The average molecular weight is 215 g/mol. The van der Waals surface area contributed by atoms with Gasteiger partial charge in [0.25, 0.3) is 0 Å². The van der Waals surface area contributed by atoms with E-state index in [4.69, 9.17) is 0 Å². The first-order valence-electron chi connectivity index (χ1n) is 6.55. The van der Waals surface area contributed by atoms with Crippen LogP contribution in [0.2, 0.25) is 0 Å². The van der Waals surface area contributed by atoms with Gasteiger partial charge in [0.1, 0.15) is 0 Å². The normalized spacial score (nSPS) is 21.2. The van der Waals surface area contributed by atoms with Crippen LogP contribution in [0, 0.1) is 0 Å². The summed E-state index contributed by atoms with van der Waals surface area (Å²) < 4.78 is 0. The van der Waals surface area contributed by atoms with E-state index in [-0.39, 0.29) is 5.41 Å². The molecule has 1 aromatic heterocycles. The molecule has 2 fully saturated rings. The van der Waals surface area contributed by atoms with Gasteiger partial charge in [0.2, 0.25) is 0 Å². The summed E-state index contributed by atoms with van der Waals surface area (Å²) >= 11 is 0. The van der Waals surface area contributed by atoms with Gasteiger partial charge in [0.05, 0.1) is 0 Å². The molecule has 1 heterocycles. The minimum absolute atomic E-state index is 0.277. The Hall–Kier alpha value is -0.850.